The van der Waals surface area contributed by atoms with Gasteiger partial charge in [-0.1, -0.05) is 78.9 Å². The minimum absolute atomic E-state index is 0.0519. The first-order valence-electron chi connectivity index (χ1n) is 8.26. The summed E-state index contributed by atoms with van der Waals surface area (Å²) in [5.41, 5.74) is 3.86. The fraction of sp³-hybridized carbons (Fsp3) is 0. The number of allylic oxidation sites excluding steroid dienone is 1. The molecule has 0 aliphatic rings. The van der Waals surface area contributed by atoms with Gasteiger partial charge in [-0.15, -0.1) is 0 Å². The summed E-state index contributed by atoms with van der Waals surface area (Å²) in [6.07, 6.45) is 3.49. The zero-order valence-corrected chi connectivity index (χ0v) is 13.7. The van der Waals surface area contributed by atoms with Gasteiger partial charge in [-0.3, -0.25) is 9.36 Å². The molecule has 0 atom stereocenters. The van der Waals surface area contributed by atoms with E-state index in [1.54, 1.807) is 10.6 Å². The fourth-order valence-electron chi connectivity index (χ4n) is 3.02. The first-order valence-corrected chi connectivity index (χ1v) is 8.26. The Morgan fingerprint density at radius 1 is 0.760 bits per heavy atom. The van der Waals surface area contributed by atoms with E-state index in [-0.39, 0.29) is 5.91 Å². The van der Waals surface area contributed by atoms with Crippen molar-refractivity contribution in [3.05, 3.63) is 103 Å². The number of benzene rings is 3. The Kier molecular flexibility index (Phi) is 4.01. The van der Waals surface area contributed by atoms with Gasteiger partial charge in [-0.05, 0) is 29.3 Å². The SMILES string of the molecule is O=C(C=Cc1ccccc1)n1c(-c2ccccc2)cc2ccccc21. The van der Waals surface area contributed by atoms with Gasteiger partial charge < -0.3 is 0 Å². The fourth-order valence-corrected chi connectivity index (χ4v) is 3.02. The Balaban J connectivity index is 1.82. The third-order valence-electron chi connectivity index (χ3n) is 4.22. The van der Waals surface area contributed by atoms with Crippen LogP contribution in [0, 0.1) is 0 Å². The van der Waals surface area contributed by atoms with Crippen molar-refractivity contribution in [2.24, 2.45) is 0 Å². The van der Waals surface area contributed by atoms with E-state index in [2.05, 4.69) is 6.07 Å². The molecule has 0 saturated heterocycles. The normalized spacial score (nSPS) is 11.2. The van der Waals surface area contributed by atoms with Crippen molar-refractivity contribution in [1.82, 2.24) is 4.57 Å². The van der Waals surface area contributed by atoms with Crippen LogP contribution >= 0.6 is 0 Å². The first-order chi connectivity index (χ1) is 12.3. The molecule has 0 bridgehead atoms. The molecular formula is C23H17NO. The standard InChI is InChI=1S/C23H17NO/c25-23(16-15-18-9-3-1-4-10-18)24-21-14-8-7-13-20(21)17-22(24)19-11-5-2-6-12-19/h1-17H. The minimum Gasteiger partial charge on any atom is -0.276 e. The van der Waals surface area contributed by atoms with Crippen LogP contribution in [-0.2, 0) is 0 Å². The molecule has 1 aromatic heterocycles. The molecule has 0 spiro atoms. The summed E-state index contributed by atoms with van der Waals surface area (Å²) in [6.45, 7) is 0. The van der Waals surface area contributed by atoms with Gasteiger partial charge in [0, 0.05) is 11.5 Å². The van der Waals surface area contributed by atoms with E-state index in [1.165, 1.54) is 0 Å². The number of carbonyl (C=O) groups excluding carboxylic acids is 1. The number of rotatable bonds is 3. The maximum atomic E-state index is 13.0. The summed E-state index contributed by atoms with van der Waals surface area (Å²) >= 11 is 0. The summed E-state index contributed by atoms with van der Waals surface area (Å²) in [5.74, 6) is -0.0519. The maximum Gasteiger partial charge on any atom is 0.255 e. The summed E-state index contributed by atoms with van der Waals surface area (Å²) in [6, 6.07) is 29.9. The molecule has 0 N–H and O–H groups in total. The van der Waals surface area contributed by atoms with E-state index in [9.17, 15) is 4.79 Å². The molecule has 0 radical (unpaired) electrons. The highest BCUT2D eigenvalue weighted by molar-refractivity contribution is 6.04. The topological polar surface area (TPSA) is 22.0 Å². The Labute approximate surface area is 146 Å². The van der Waals surface area contributed by atoms with Crippen LogP contribution in [0.5, 0.6) is 0 Å². The lowest BCUT2D eigenvalue weighted by Gasteiger charge is -2.07. The molecule has 0 aliphatic carbocycles. The Bertz CT molecular complexity index is 1040. The van der Waals surface area contributed by atoms with Crippen molar-refractivity contribution in [3.63, 3.8) is 0 Å². The molecule has 2 nitrogen and oxygen atoms in total. The van der Waals surface area contributed by atoms with Crippen molar-refractivity contribution < 1.29 is 4.79 Å². The molecule has 120 valence electrons. The van der Waals surface area contributed by atoms with Crippen LogP contribution in [0.25, 0.3) is 28.2 Å². The summed E-state index contributed by atoms with van der Waals surface area (Å²) in [4.78, 5) is 13.0. The summed E-state index contributed by atoms with van der Waals surface area (Å²) in [7, 11) is 0. The lowest BCUT2D eigenvalue weighted by atomic mass is 10.1. The second-order valence-electron chi connectivity index (χ2n) is 5.87. The van der Waals surface area contributed by atoms with Gasteiger partial charge in [0.2, 0.25) is 0 Å². The van der Waals surface area contributed by atoms with Gasteiger partial charge in [0.1, 0.15) is 0 Å². The third kappa shape index (κ3) is 3.02. The summed E-state index contributed by atoms with van der Waals surface area (Å²) < 4.78 is 1.78. The van der Waals surface area contributed by atoms with Crippen molar-refractivity contribution in [2.75, 3.05) is 0 Å². The molecule has 4 rings (SSSR count). The number of carbonyl (C=O) groups is 1. The van der Waals surface area contributed by atoms with Crippen LogP contribution in [0.4, 0.5) is 0 Å². The van der Waals surface area contributed by atoms with Crippen molar-refractivity contribution in [2.45, 2.75) is 0 Å². The predicted octanol–water partition coefficient (Wildman–Crippen LogP) is 5.66. The number of hydrogen-bond acceptors (Lipinski definition) is 1. The Hall–Kier alpha value is -3.39. The lowest BCUT2D eigenvalue weighted by Crippen LogP contribution is -2.08. The molecule has 0 amide bonds. The lowest BCUT2D eigenvalue weighted by molar-refractivity contribution is 0.0976. The average molecular weight is 323 g/mol. The molecule has 1 heterocycles. The second kappa shape index (κ2) is 6.62. The zero-order chi connectivity index (χ0) is 17.1. The molecule has 0 fully saturated rings. The minimum atomic E-state index is -0.0519. The number of nitrogens with zero attached hydrogens (tertiary/aromatic N) is 1. The van der Waals surface area contributed by atoms with Crippen LogP contribution in [-0.4, -0.2) is 10.5 Å². The van der Waals surface area contributed by atoms with Gasteiger partial charge in [-0.2, -0.15) is 0 Å². The molecule has 0 aliphatic heterocycles. The third-order valence-corrected chi connectivity index (χ3v) is 4.22. The average Bonchev–Trinajstić information content (AvgIpc) is 3.07. The smallest absolute Gasteiger partial charge is 0.255 e. The van der Waals surface area contributed by atoms with E-state index in [4.69, 9.17) is 0 Å². The highest BCUT2D eigenvalue weighted by Gasteiger charge is 2.14. The molecule has 0 saturated carbocycles. The van der Waals surface area contributed by atoms with Crippen molar-refractivity contribution in [3.8, 4) is 11.3 Å². The Morgan fingerprint density at radius 2 is 1.40 bits per heavy atom. The molecule has 4 aromatic rings. The monoisotopic (exact) mass is 323 g/mol. The number of para-hydroxylation sites is 1. The second-order valence-corrected chi connectivity index (χ2v) is 5.87. The van der Waals surface area contributed by atoms with Gasteiger partial charge in [-0.25, -0.2) is 0 Å². The van der Waals surface area contributed by atoms with E-state index in [1.807, 2.05) is 91.0 Å². The predicted molar refractivity (Wildman–Crippen MR) is 103 cm³/mol. The Morgan fingerprint density at radius 3 is 2.16 bits per heavy atom. The quantitative estimate of drug-likeness (QED) is 0.446. The number of hydrogen-bond donors (Lipinski definition) is 0. The van der Waals surface area contributed by atoms with Crippen molar-refractivity contribution in [1.29, 1.82) is 0 Å². The molecule has 2 heteroatoms. The largest absolute Gasteiger partial charge is 0.276 e. The highest BCUT2D eigenvalue weighted by atomic mass is 16.1. The molecular weight excluding hydrogens is 306 g/mol. The zero-order valence-electron chi connectivity index (χ0n) is 13.7. The van der Waals surface area contributed by atoms with Gasteiger partial charge >= 0.3 is 0 Å². The first kappa shape index (κ1) is 15.2. The highest BCUT2D eigenvalue weighted by Crippen LogP contribution is 2.28. The van der Waals surface area contributed by atoms with E-state index in [0.29, 0.717) is 0 Å². The van der Waals surface area contributed by atoms with Crippen LogP contribution < -0.4 is 0 Å². The molecule has 25 heavy (non-hydrogen) atoms. The van der Waals surface area contributed by atoms with Crippen LogP contribution in [0.2, 0.25) is 0 Å². The number of fused-ring (bicyclic) bond motifs is 1. The summed E-state index contributed by atoms with van der Waals surface area (Å²) in [5, 5.41) is 1.06. The van der Waals surface area contributed by atoms with Gasteiger partial charge in [0.15, 0.2) is 0 Å². The van der Waals surface area contributed by atoms with Gasteiger partial charge in [0.25, 0.3) is 5.91 Å². The van der Waals surface area contributed by atoms with Gasteiger partial charge in [0.05, 0.1) is 11.2 Å². The van der Waals surface area contributed by atoms with E-state index < -0.39 is 0 Å². The maximum absolute atomic E-state index is 13.0. The molecule has 3 aromatic carbocycles. The molecule has 0 unspecified atom stereocenters. The van der Waals surface area contributed by atoms with Crippen LogP contribution in [0.3, 0.4) is 0 Å². The van der Waals surface area contributed by atoms with Crippen LogP contribution in [0.1, 0.15) is 10.4 Å². The number of aromatic nitrogens is 1. The van der Waals surface area contributed by atoms with Crippen molar-refractivity contribution >= 4 is 22.9 Å². The van der Waals surface area contributed by atoms with E-state index >= 15 is 0 Å². The van der Waals surface area contributed by atoms with Crippen LogP contribution in [0.15, 0.2) is 97.1 Å². The van der Waals surface area contributed by atoms with E-state index in [0.717, 1.165) is 27.7 Å².